The van der Waals surface area contributed by atoms with Gasteiger partial charge in [0.2, 0.25) is 0 Å². The van der Waals surface area contributed by atoms with Crippen LogP contribution in [0.2, 0.25) is 0 Å². The fourth-order valence-corrected chi connectivity index (χ4v) is 10.1. The highest BCUT2D eigenvalue weighted by molar-refractivity contribution is 7.20. The fourth-order valence-electron chi connectivity index (χ4n) is 4.62. The molecule has 0 N–H and O–H groups in total. The molecule has 1 heteroatoms. The normalized spacial score (nSPS) is 11.4. The molecule has 0 heterocycles. The Balaban J connectivity index is 2.24. The Hall–Kier alpha value is -2.90. The second kappa shape index (κ2) is 7.85. The van der Waals surface area contributed by atoms with Gasteiger partial charge in [-0.25, -0.2) is 0 Å². The SMILES string of the molecule is Cc1cccc([Si](c2ccccc2)(c2ccccc2)c2cccc(C)c2C)c1C. The van der Waals surface area contributed by atoms with Crippen LogP contribution in [0.3, 0.4) is 0 Å². The van der Waals surface area contributed by atoms with E-state index in [0.29, 0.717) is 0 Å². The minimum Gasteiger partial charge on any atom is -0.0623 e. The zero-order valence-corrected chi connectivity index (χ0v) is 18.7. The van der Waals surface area contributed by atoms with Gasteiger partial charge >= 0.3 is 0 Å². The largest absolute Gasteiger partial charge is 0.180 e. The summed E-state index contributed by atoms with van der Waals surface area (Å²) < 4.78 is 0. The van der Waals surface area contributed by atoms with Crippen molar-refractivity contribution in [1.82, 2.24) is 0 Å². The molecule has 144 valence electrons. The minimum absolute atomic E-state index is 1.36. The van der Waals surface area contributed by atoms with Crippen LogP contribution in [0.5, 0.6) is 0 Å². The predicted octanol–water partition coefficient (Wildman–Crippen LogP) is 4.30. The van der Waals surface area contributed by atoms with Crippen molar-refractivity contribution in [2.45, 2.75) is 27.7 Å². The summed E-state index contributed by atoms with van der Waals surface area (Å²) in [5.41, 5.74) is 5.54. The summed E-state index contributed by atoms with van der Waals surface area (Å²) in [5, 5.41) is 5.86. The summed E-state index contributed by atoms with van der Waals surface area (Å²) in [7, 11) is -2.45. The molecule has 0 fully saturated rings. The van der Waals surface area contributed by atoms with Crippen LogP contribution in [0.1, 0.15) is 22.3 Å². The van der Waals surface area contributed by atoms with Crippen LogP contribution in [0.25, 0.3) is 0 Å². The maximum Gasteiger partial charge on any atom is 0.180 e. The van der Waals surface area contributed by atoms with Gasteiger partial charge in [0.25, 0.3) is 0 Å². The number of hydrogen-bond donors (Lipinski definition) is 0. The van der Waals surface area contributed by atoms with E-state index in [-0.39, 0.29) is 0 Å². The molecule has 4 aromatic carbocycles. The highest BCUT2D eigenvalue weighted by atomic mass is 28.3. The molecule has 4 rings (SSSR count). The van der Waals surface area contributed by atoms with Crippen molar-refractivity contribution in [1.29, 1.82) is 0 Å². The van der Waals surface area contributed by atoms with Gasteiger partial charge in [0.1, 0.15) is 0 Å². The van der Waals surface area contributed by atoms with Gasteiger partial charge in [0.05, 0.1) is 0 Å². The summed E-state index contributed by atoms with van der Waals surface area (Å²) >= 11 is 0. The molecule has 0 aliphatic carbocycles. The lowest BCUT2D eigenvalue weighted by molar-refractivity contribution is 1.35. The van der Waals surface area contributed by atoms with E-state index >= 15 is 0 Å². The lowest BCUT2D eigenvalue weighted by Gasteiger charge is -2.37. The third kappa shape index (κ3) is 3.16. The Labute approximate surface area is 175 Å². The van der Waals surface area contributed by atoms with Crippen molar-refractivity contribution in [3.05, 3.63) is 119 Å². The Bertz CT molecular complexity index is 1030. The quantitative estimate of drug-likeness (QED) is 0.359. The third-order valence-corrected chi connectivity index (χ3v) is 11.5. The van der Waals surface area contributed by atoms with Gasteiger partial charge in [-0.15, -0.1) is 0 Å². The summed E-state index contributed by atoms with van der Waals surface area (Å²) in [6, 6.07) is 36.0. The van der Waals surface area contributed by atoms with Crippen molar-refractivity contribution >= 4 is 28.8 Å². The number of benzene rings is 4. The average Bonchev–Trinajstić information content (AvgIpc) is 2.76. The van der Waals surface area contributed by atoms with Crippen molar-refractivity contribution in [3.63, 3.8) is 0 Å². The van der Waals surface area contributed by atoms with Crippen molar-refractivity contribution in [2.24, 2.45) is 0 Å². The molecule has 0 atom stereocenters. The van der Waals surface area contributed by atoms with E-state index in [1.54, 1.807) is 0 Å². The second-order valence-electron chi connectivity index (χ2n) is 7.98. The van der Waals surface area contributed by atoms with E-state index in [2.05, 4.69) is 125 Å². The van der Waals surface area contributed by atoms with Crippen LogP contribution in [0.15, 0.2) is 97.1 Å². The van der Waals surface area contributed by atoms with Gasteiger partial charge in [0.15, 0.2) is 8.07 Å². The molecule has 0 nitrogen and oxygen atoms in total. The van der Waals surface area contributed by atoms with Crippen molar-refractivity contribution < 1.29 is 0 Å². The van der Waals surface area contributed by atoms with Crippen molar-refractivity contribution in [3.8, 4) is 0 Å². The first-order valence-corrected chi connectivity index (χ1v) is 12.3. The highest BCUT2D eigenvalue weighted by Crippen LogP contribution is 2.17. The van der Waals surface area contributed by atoms with E-state index in [1.807, 2.05) is 0 Å². The third-order valence-electron chi connectivity index (χ3n) is 6.43. The molecule has 29 heavy (non-hydrogen) atoms. The van der Waals surface area contributed by atoms with Crippen LogP contribution in [0, 0.1) is 27.7 Å². The lowest BCUT2D eigenvalue weighted by atomic mass is 10.1. The average molecular weight is 393 g/mol. The molecular formula is C28H28Si. The van der Waals surface area contributed by atoms with Gasteiger partial charge in [-0.3, -0.25) is 0 Å². The molecule has 0 saturated heterocycles. The van der Waals surface area contributed by atoms with Crippen LogP contribution >= 0.6 is 0 Å². The molecule has 0 bridgehead atoms. The van der Waals surface area contributed by atoms with Gasteiger partial charge < -0.3 is 0 Å². The smallest absolute Gasteiger partial charge is 0.0623 e. The Morgan fingerprint density at radius 3 is 1.17 bits per heavy atom. The number of hydrogen-bond acceptors (Lipinski definition) is 0. The standard InChI is InChI=1S/C28H28Si/c1-21-13-11-19-27(23(21)3)29(25-15-7-5-8-16-25,26-17-9-6-10-18-26)28-20-12-14-22(2)24(28)4/h5-20H,1-4H3. The Morgan fingerprint density at radius 2 is 0.793 bits per heavy atom. The first kappa shape index (κ1) is 19.4. The topological polar surface area (TPSA) is 0 Å². The molecule has 0 aromatic heterocycles. The monoisotopic (exact) mass is 392 g/mol. The van der Waals surface area contributed by atoms with E-state index in [4.69, 9.17) is 0 Å². The van der Waals surface area contributed by atoms with Crippen LogP contribution in [-0.4, -0.2) is 8.07 Å². The van der Waals surface area contributed by atoms with E-state index in [1.165, 1.54) is 43.0 Å². The van der Waals surface area contributed by atoms with Gasteiger partial charge in [0, 0.05) is 0 Å². The lowest BCUT2D eigenvalue weighted by Crippen LogP contribution is -2.76. The summed E-state index contributed by atoms with van der Waals surface area (Å²) in [6.07, 6.45) is 0. The van der Waals surface area contributed by atoms with Crippen LogP contribution in [0.4, 0.5) is 0 Å². The first-order chi connectivity index (χ1) is 14.1. The zero-order chi connectivity index (χ0) is 20.4. The summed E-state index contributed by atoms with van der Waals surface area (Å²) in [6.45, 7) is 9.06. The maximum absolute atomic E-state index is 2.45. The molecule has 0 saturated carbocycles. The molecule has 0 amide bonds. The minimum atomic E-state index is -2.45. The van der Waals surface area contributed by atoms with Crippen LogP contribution in [-0.2, 0) is 0 Å². The Morgan fingerprint density at radius 1 is 0.414 bits per heavy atom. The first-order valence-electron chi connectivity index (χ1n) is 10.3. The molecule has 0 unspecified atom stereocenters. The second-order valence-corrected chi connectivity index (χ2v) is 11.7. The number of aryl methyl sites for hydroxylation is 2. The molecule has 4 aromatic rings. The van der Waals surface area contributed by atoms with E-state index in [0.717, 1.165) is 0 Å². The molecule has 0 radical (unpaired) electrons. The fraction of sp³-hybridized carbons (Fsp3) is 0.143. The summed E-state index contributed by atoms with van der Waals surface area (Å²) in [4.78, 5) is 0. The maximum atomic E-state index is 2.37. The van der Waals surface area contributed by atoms with E-state index < -0.39 is 8.07 Å². The zero-order valence-electron chi connectivity index (χ0n) is 17.7. The van der Waals surface area contributed by atoms with E-state index in [9.17, 15) is 0 Å². The molecule has 0 aliphatic rings. The summed E-state index contributed by atoms with van der Waals surface area (Å²) in [5.74, 6) is 0. The highest BCUT2D eigenvalue weighted by Gasteiger charge is 2.43. The van der Waals surface area contributed by atoms with Gasteiger partial charge in [-0.2, -0.15) is 0 Å². The molecule has 0 aliphatic heterocycles. The van der Waals surface area contributed by atoms with Gasteiger partial charge in [-0.1, -0.05) is 97.1 Å². The predicted molar refractivity (Wildman–Crippen MR) is 129 cm³/mol. The Kier molecular flexibility index (Phi) is 5.25. The number of rotatable bonds is 4. The molecule has 0 spiro atoms. The molecular weight excluding hydrogens is 364 g/mol. The van der Waals surface area contributed by atoms with Crippen molar-refractivity contribution in [2.75, 3.05) is 0 Å². The van der Waals surface area contributed by atoms with Crippen LogP contribution < -0.4 is 20.7 Å². The van der Waals surface area contributed by atoms with Gasteiger partial charge in [-0.05, 0) is 70.7 Å².